The van der Waals surface area contributed by atoms with Crippen molar-refractivity contribution in [3.8, 4) is 0 Å². The van der Waals surface area contributed by atoms with E-state index < -0.39 is 11.6 Å². The molecule has 3 rings (SSSR count). The number of halogens is 2. The summed E-state index contributed by atoms with van der Waals surface area (Å²) in [5.74, 6) is -0.796. The van der Waals surface area contributed by atoms with E-state index in [0.29, 0.717) is 22.9 Å². The Kier molecular flexibility index (Phi) is 5.54. The zero-order chi connectivity index (χ0) is 18.0. The maximum absolute atomic E-state index is 13.3. The van der Waals surface area contributed by atoms with Gasteiger partial charge in [0.25, 0.3) is 0 Å². The van der Waals surface area contributed by atoms with Crippen LogP contribution in [-0.4, -0.2) is 35.1 Å². The second-order valence-electron chi connectivity index (χ2n) is 6.50. The fourth-order valence-electron chi connectivity index (χ4n) is 3.08. The molecule has 2 aromatic rings. The molecule has 25 heavy (non-hydrogen) atoms. The van der Waals surface area contributed by atoms with Gasteiger partial charge in [-0.1, -0.05) is 0 Å². The zero-order valence-corrected chi connectivity index (χ0v) is 15.2. The second-order valence-corrected chi connectivity index (χ2v) is 7.46. The molecule has 1 aromatic carbocycles. The minimum absolute atomic E-state index is 0.240. The molecule has 0 saturated carbocycles. The van der Waals surface area contributed by atoms with Gasteiger partial charge in [0.2, 0.25) is 0 Å². The van der Waals surface area contributed by atoms with Crippen molar-refractivity contribution in [3.63, 3.8) is 0 Å². The van der Waals surface area contributed by atoms with Crippen LogP contribution in [0.2, 0.25) is 0 Å². The third-order valence-corrected chi connectivity index (χ3v) is 5.36. The number of nitrogens with zero attached hydrogens (tertiary/aromatic N) is 3. The summed E-state index contributed by atoms with van der Waals surface area (Å²) in [6.07, 6.45) is 2.78. The highest BCUT2D eigenvalue weighted by atomic mass is 32.2. The highest BCUT2D eigenvalue weighted by molar-refractivity contribution is 7.98. The highest BCUT2D eigenvalue weighted by Gasteiger charge is 2.22. The molecule has 1 aliphatic rings. The molecule has 7 heteroatoms. The quantitative estimate of drug-likeness (QED) is 0.583. The van der Waals surface area contributed by atoms with Gasteiger partial charge in [-0.15, -0.1) is 11.8 Å². The Morgan fingerprint density at radius 3 is 2.60 bits per heavy atom. The number of aromatic nitrogens is 2. The number of benzene rings is 1. The van der Waals surface area contributed by atoms with Crippen molar-refractivity contribution in [2.24, 2.45) is 0 Å². The van der Waals surface area contributed by atoms with E-state index in [4.69, 9.17) is 0 Å². The summed E-state index contributed by atoms with van der Waals surface area (Å²) in [6.45, 7) is 1.41. The molecule has 4 nitrogen and oxygen atoms in total. The first-order chi connectivity index (χ1) is 11.9. The molecule has 0 radical (unpaired) electrons. The van der Waals surface area contributed by atoms with Gasteiger partial charge in [0.05, 0.1) is 0 Å². The SMILES string of the molecule is CN(C)CCn1c2c(c(SCc3cc(F)cc(F)c3)nc1=O)CCC2. The molecule has 1 aliphatic carbocycles. The Labute approximate surface area is 149 Å². The van der Waals surface area contributed by atoms with Gasteiger partial charge in [-0.05, 0) is 51.1 Å². The van der Waals surface area contributed by atoms with Gasteiger partial charge in [0, 0.05) is 36.2 Å². The molecule has 0 amide bonds. The van der Waals surface area contributed by atoms with Crippen molar-refractivity contribution >= 4 is 11.8 Å². The van der Waals surface area contributed by atoms with Crippen LogP contribution in [-0.2, 0) is 25.1 Å². The van der Waals surface area contributed by atoms with Crippen LogP contribution in [0.25, 0.3) is 0 Å². The minimum atomic E-state index is -0.590. The molecular formula is C18H21F2N3OS. The van der Waals surface area contributed by atoms with Gasteiger partial charge in [-0.25, -0.2) is 13.6 Å². The van der Waals surface area contributed by atoms with Crippen LogP contribution in [0.3, 0.4) is 0 Å². The average Bonchev–Trinajstić information content (AvgIpc) is 3.00. The number of hydrogen-bond donors (Lipinski definition) is 0. The standard InChI is InChI=1S/C18H21F2N3OS/c1-22(2)6-7-23-16-5-3-4-15(16)17(21-18(23)24)25-11-12-8-13(19)10-14(20)9-12/h8-10H,3-7,11H2,1-2H3. The zero-order valence-electron chi connectivity index (χ0n) is 14.4. The Bertz CT molecular complexity index is 816. The van der Waals surface area contributed by atoms with Crippen LogP contribution in [0, 0.1) is 11.6 Å². The van der Waals surface area contributed by atoms with Gasteiger partial charge >= 0.3 is 5.69 Å². The fraction of sp³-hybridized carbons (Fsp3) is 0.444. The summed E-state index contributed by atoms with van der Waals surface area (Å²) in [5.41, 5.74) is 2.48. The van der Waals surface area contributed by atoms with E-state index in [1.807, 2.05) is 19.0 Å². The van der Waals surface area contributed by atoms with E-state index in [0.717, 1.165) is 43.1 Å². The van der Waals surface area contributed by atoms with Crippen LogP contribution in [0.4, 0.5) is 8.78 Å². The molecule has 0 saturated heterocycles. The maximum Gasteiger partial charge on any atom is 0.348 e. The first-order valence-corrected chi connectivity index (χ1v) is 9.27. The van der Waals surface area contributed by atoms with Crippen molar-refractivity contribution in [2.75, 3.05) is 20.6 Å². The van der Waals surface area contributed by atoms with Crippen LogP contribution >= 0.6 is 11.8 Å². The van der Waals surface area contributed by atoms with Crippen molar-refractivity contribution < 1.29 is 8.78 Å². The molecule has 0 bridgehead atoms. The lowest BCUT2D eigenvalue weighted by Crippen LogP contribution is -2.31. The van der Waals surface area contributed by atoms with E-state index >= 15 is 0 Å². The van der Waals surface area contributed by atoms with Crippen LogP contribution in [0.5, 0.6) is 0 Å². The van der Waals surface area contributed by atoms with E-state index in [9.17, 15) is 13.6 Å². The summed E-state index contributed by atoms with van der Waals surface area (Å²) in [7, 11) is 3.95. The third-order valence-electron chi connectivity index (χ3n) is 4.27. The molecular weight excluding hydrogens is 344 g/mol. The normalized spacial score (nSPS) is 13.5. The third kappa shape index (κ3) is 4.27. The van der Waals surface area contributed by atoms with Crippen molar-refractivity contribution in [1.29, 1.82) is 0 Å². The number of likely N-dealkylation sites (N-methyl/N-ethyl adjacent to an activating group) is 1. The van der Waals surface area contributed by atoms with Gasteiger partial charge in [0.15, 0.2) is 0 Å². The number of fused-ring (bicyclic) bond motifs is 1. The second kappa shape index (κ2) is 7.66. The molecule has 0 N–H and O–H groups in total. The van der Waals surface area contributed by atoms with Crippen molar-refractivity contribution in [3.05, 3.63) is 57.1 Å². The summed E-state index contributed by atoms with van der Waals surface area (Å²) in [6, 6.07) is 3.49. The van der Waals surface area contributed by atoms with Crippen molar-refractivity contribution in [1.82, 2.24) is 14.5 Å². The number of rotatable bonds is 6. The fourth-order valence-corrected chi connectivity index (χ4v) is 4.09. The lowest BCUT2D eigenvalue weighted by atomic mass is 10.2. The van der Waals surface area contributed by atoms with Gasteiger partial charge in [-0.2, -0.15) is 4.98 Å². The van der Waals surface area contributed by atoms with E-state index in [-0.39, 0.29) is 5.69 Å². The summed E-state index contributed by atoms with van der Waals surface area (Å²) in [4.78, 5) is 18.7. The topological polar surface area (TPSA) is 38.1 Å². The smallest absolute Gasteiger partial charge is 0.308 e. The molecule has 0 spiro atoms. The van der Waals surface area contributed by atoms with E-state index in [1.54, 1.807) is 4.57 Å². The molecule has 0 fully saturated rings. The number of hydrogen-bond acceptors (Lipinski definition) is 4. The minimum Gasteiger partial charge on any atom is -0.308 e. The first kappa shape index (κ1) is 18.1. The number of thioether (sulfide) groups is 1. The Morgan fingerprint density at radius 1 is 1.20 bits per heavy atom. The summed E-state index contributed by atoms with van der Waals surface area (Å²) in [5, 5.41) is 0.697. The first-order valence-electron chi connectivity index (χ1n) is 8.29. The highest BCUT2D eigenvalue weighted by Crippen LogP contribution is 2.31. The lowest BCUT2D eigenvalue weighted by Gasteiger charge is -2.16. The van der Waals surface area contributed by atoms with Crippen LogP contribution in [0.15, 0.2) is 28.0 Å². The molecule has 1 heterocycles. The van der Waals surface area contributed by atoms with Crippen molar-refractivity contribution in [2.45, 2.75) is 36.6 Å². The monoisotopic (exact) mass is 365 g/mol. The Balaban J connectivity index is 1.84. The molecule has 0 aliphatic heterocycles. The summed E-state index contributed by atoms with van der Waals surface area (Å²) >= 11 is 1.38. The van der Waals surface area contributed by atoms with Gasteiger partial charge in [0.1, 0.15) is 16.7 Å². The van der Waals surface area contributed by atoms with Crippen LogP contribution < -0.4 is 5.69 Å². The largest absolute Gasteiger partial charge is 0.348 e. The maximum atomic E-state index is 13.3. The predicted octanol–water partition coefficient (Wildman–Crippen LogP) is 2.86. The molecule has 1 aromatic heterocycles. The molecule has 134 valence electrons. The average molecular weight is 365 g/mol. The Hall–Kier alpha value is -1.73. The predicted molar refractivity (Wildman–Crippen MR) is 95.0 cm³/mol. The summed E-state index contributed by atoms with van der Waals surface area (Å²) < 4.78 is 28.4. The van der Waals surface area contributed by atoms with Gasteiger partial charge < -0.3 is 4.90 Å². The lowest BCUT2D eigenvalue weighted by molar-refractivity contribution is 0.375. The molecule has 0 unspecified atom stereocenters. The Morgan fingerprint density at radius 2 is 1.92 bits per heavy atom. The van der Waals surface area contributed by atoms with Crippen LogP contribution in [0.1, 0.15) is 23.2 Å². The van der Waals surface area contributed by atoms with E-state index in [1.165, 1.54) is 23.9 Å². The van der Waals surface area contributed by atoms with E-state index in [2.05, 4.69) is 4.98 Å². The molecule has 0 atom stereocenters. The van der Waals surface area contributed by atoms with Gasteiger partial charge in [-0.3, -0.25) is 4.57 Å².